The molecule has 0 aliphatic rings. The Morgan fingerprint density at radius 3 is 2.93 bits per heavy atom. The molecule has 0 aliphatic heterocycles. The molecule has 14 heavy (non-hydrogen) atoms. The molecule has 0 spiro atoms. The van der Waals surface area contributed by atoms with Crippen LogP contribution in [0.25, 0.3) is 0 Å². The second kappa shape index (κ2) is 4.20. The van der Waals surface area contributed by atoms with E-state index in [2.05, 4.69) is 4.98 Å². The molecule has 1 rings (SSSR count). The van der Waals surface area contributed by atoms with E-state index >= 15 is 0 Å². The van der Waals surface area contributed by atoms with Crippen molar-refractivity contribution in [3.05, 3.63) is 25.7 Å². The number of aromatic nitrogens is 1. The Morgan fingerprint density at radius 2 is 2.57 bits per heavy atom. The highest BCUT2D eigenvalue weighted by atomic mass is 35.5. The topological polar surface area (TPSA) is 109 Å². The average molecular weight is 236 g/mol. The molecule has 76 valence electrons. The number of rotatable bonds is 3. The van der Waals surface area contributed by atoms with Crippen LogP contribution >= 0.6 is 22.9 Å². The number of halogens is 1. The summed E-state index contributed by atoms with van der Waals surface area (Å²) in [5.41, 5.74) is 5.01. The summed E-state index contributed by atoms with van der Waals surface area (Å²) in [5, 5.41) is 17.1. The molecule has 0 unspecified atom stereocenters. The van der Waals surface area contributed by atoms with Crippen molar-refractivity contribution in [2.45, 2.75) is 6.54 Å². The van der Waals surface area contributed by atoms with Crippen molar-refractivity contribution < 1.29 is 5.03 Å². The van der Waals surface area contributed by atoms with Crippen molar-refractivity contribution in [2.75, 3.05) is 0 Å². The fourth-order valence-electron chi connectivity index (χ4n) is 0.735. The van der Waals surface area contributed by atoms with Crippen molar-refractivity contribution in [1.29, 1.82) is 5.41 Å². The van der Waals surface area contributed by atoms with Gasteiger partial charge in [0.05, 0.1) is 4.88 Å². The van der Waals surface area contributed by atoms with E-state index in [9.17, 15) is 10.1 Å². The first kappa shape index (κ1) is 10.7. The van der Waals surface area contributed by atoms with E-state index in [1.54, 1.807) is 0 Å². The average Bonchev–Trinajstić information content (AvgIpc) is 2.46. The van der Waals surface area contributed by atoms with E-state index in [0.717, 1.165) is 11.3 Å². The zero-order valence-electron chi connectivity index (χ0n) is 6.81. The van der Waals surface area contributed by atoms with Gasteiger partial charge in [-0.1, -0.05) is 16.6 Å². The lowest BCUT2D eigenvalue weighted by atomic mass is 10.5. The second-order valence-corrected chi connectivity index (χ2v) is 3.96. The quantitative estimate of drug-likeness (QED) is 0.347. The number of nitrogens with zero attached hydrogens (tertiary/aromatic N) is 3. The van der Waals surface area contributed by atoms with Crippen LogP contribution in [0.15, 0.2) is 6.20 Å². The van der Waals surface area contributed by atoms with E-state index < -0.39 is 11.0 Å². The van der Waals surface area contributed by atoms with Gasteiger partial charge in [-0.3, -0.25) is 5.41 Å². The summed E-state index contributed by atoms with van der Waals surface area (Å²) in [6, 6.07) is 0. The molecule has 0 bridgehead atoms. The molecule has 0 amide bonds. The number of thiazole rings is 1. The van der Waals surface area contributed by atoms with Crippen LogP contribution < -0.4 is 5.73 Å². The van der Waals surface area contributed by atoms with Gasteiger partial charge in [-0.05, 0) is 0 Å². The Bertz CT molecular complexity index is 353. The normalized spacial score (nSPS) is 9.79. The maximum atomic E-state index is 10.4. The highest BCUT2D eigenvalue weighted by Gasteiger charge is 2.19. The molecule has 9 heteroatoms. The molecule has 0 aliphatic carbocycles. The Morgan fingerprint density at radius 1 is 1.93 bits per heavy atom. The maximum absolute atomic E-state index is 10.4. The minimum atomic E-state index is -0.754. The van der Waals surface area contributed by atoms with Gasteiger partial charge in [0.25, 0.3) is 5.96 Å². The highest BCUT2D eigenvalue weighted by molar-refractivity contribution is 7.15. The fourth-order valence-corrected chi connectivity index (χ4v) is 1.70. The summed E-state index contributed by atoms with van der Waals surface area (Å²) in [5.74, 6) is -0.625. The van der Waals surface area contributed by atoms with Gasteiger partial charge >= 0.3 is 0 Å². The van der Waals surface area contributed by atoms with Crippen molar-refractivity contribution >= 4 is 28.9 Å². The molecule has 1 aromatic rings. The first-order chi connectivity index (χ1) is 6.50. The summed E-state index contributed by atoms with van der Waals surface area (Å²) in [7, 11) is 0. The molecular weight excluding hydrogens is 230 g/mol. The van der Waals surface area contributed by atoms with Gasteiger partial charge in [-0.15, -0.1) is 11.3 Å². The molecule has 0 saturated heterocycles. The van der Waals surface area contributed by atoms with Crippen molar-refractivity contribution in [3.8, 4) is 0 Å². The first-order valence-corrected chi connectivity index (χ1v) is 4.56. The van der Waals surface area contributed by atoms with Gasteiger partial charge in [0.15, 0.2) is 9.50 Å². The largest absolute Gasteiger partial charge is 0.365 e. The molecule has 7 nitrogen and oxygen atoms in total. The van der Waals surface area contributed by atoms with E-state index in [0.29, 0.717) is 14.4 Å². The molecular formula is C5H6ClN5O2S. The SMILES string of the molecule is N=C(N)N(Cc1cnc(Cl)s1)[N+](=O)[O-]. The molecule has 0 radical (unpaired) electrons. The van der Waals surface area contributed by atoms with Gasteiger partial charge in [0, 0.05) is 6.20 Å². The van der Waals surface area contributed by atoms with Crippen LogP contribution in [0.4, 0.5) is 0 Å². The van der Waals surface area contributed by atoms with Crippen molar-refractivity contribution in [3.63, 3.8) is 0 Å². The predicted octanol–water partition coefficient (Wildman–Crippen LogP) is 0.684. The molecule has 0 fully saturated rings. The minimum Gasteiger partial charge on any atom is -0.365 e. The molecule has 3 N–H and O–H groups in total. The molecule has 1 heterocycles. The Kier molecular flexibility index (Phi) is 3.20. The summed E-state index contributed by atoms with van der Waals surface area (Å²) in [6.07, 6.45) is 1.41. The van der Waals surface area contributed by atoms with Crippen LogP contribution in [0.2, 0.25) is 4.47 Å². The van der Waals surface area contributed by atoms with Crippen LogP contribution in [-0.4, -0.2) is 21.0 Å². The van der Waals surface area contributed by atoms with Gasteiger partial charge in [0.1, 0.15) is 6.54 Å². The highest BCUT2D eigenvalue weighted by Crippen LogP contribution is 2.18. The maximum Gasteiger partial charge on any atom is 0.252 e. The van der Waals surface area contributed by atoms with Crippen molar-refractivity contribution in [2.24, 2.45) is 5.73 Å². The summed E-state index contributed by atoms with van der Waals surface area (Å²) in [6.45, 7) is -0.104. The Balaban J connectivity index is 2.74. The minimum absolute atomic E-state index is 0.104. The van der Waals surface area contributed by atoms with Crippen molar-refractivity contribution in [1.82, 2.24) is 9.99 Å². The van der Waals surface area contributed by atoms with E-state index in [-0.39, 0.29) is 6.54 Å². The van der Waals surface area contributed by atoms with Crippen LogP contribution in [0, 0.1) is 15.5 Å². The molecule has 1 aromatic heterocycles. The Hall–Kier alpha value is -1.41. The van der Waals surface area contributed by atoms with Gasteiger partial charge in [-0.2, -0.15) is 0 Å². The predicted molar refractivity (Wildman–Crippen MR) is 51.6 cm³/mol. The molecule has 0 atom stereocenters. The third kappa shape index (κ3) is 2.54. The monoisotopic (exact) mass is 235 g/mol. The lowest BCUT2D eigenvalue weighted by molar-refractivity contribution is -0.633. The van der Waals surface area contributed by atoms with Gasteiger partial charge < -0.3 is 5.73 Å². The van der Waals surface area contributed by atoms with Crippen LogP contribution in [0.1, 0.15) is 4.88 Å². The van der Waals surface area contributed by atoms with Gasteiger partial charge in [-0.25, -0.2) is 15.1 Å². The number of hydrogen-bond acceptors (Lipinski definition) is 5. The van der Waals surface area contributed by atoms with E-state index in [1.165, 1.54) is 6.20 Å². The zero-order chi connectivity index (χ0) is 10.7. The van der Waals surface area contributed by atoms with E-state index in [4.69, 9.17) is 22.7 Å². The Labute approximate surface area is 87.7 Å². The van der Waals surface area contributed by atoms with E-state index in [1.807, 2.05) is 0 Å². The number of guanidine groups is 1. The third-order valence-electron chi connectivity index (χ3n) is 1.31. The first-order valence-electron chi connectivity index (χ1n) is 3.36. The lowest BCUT2D eigenvalue weighted by Crippen LogP contribution is -2.39. The second-order valence-electron chi connectivity index (χ2n) is 2.26. The summed E-state index contributed by atoms with van der Waals surface area (Å²) in [4.78, 5) is 14.7. The number of hydrazine groups is 1. The summed E-state index contributed by atoms with van der Waals surface area (Å²) < 4.78 is 0.298. The van der Waals surface area contributed by atoms with Crippen LogP contribution in [-0.2, 0) is 6.54 Å². The van der Waals surface area contributed by atoms with Gasteiger partial charge in [0.2, 0.25) is 0 Å². The fraction of sp³-hybridized carbons (Fsp3) is 0.200. The smallest absolute Gasteiger partial charge is 0.252 e. The van der Waals surface area contributed by atoms with Crippen LogP contribution in [0.3, 0.4) is 0 Å². The number of nitrogens with one attached hydrogen (secondary N) is 1. The third-order valence-corrected chi connectivity index (χ3v) is 2.41. The summed E-state index contributed by atoms with van der Waals surface area (Å²) >= 11 is 6.64. The molecule has 0 saturated carbocycles. The number of nitrogens with two attached hydrogens (primary N) is 1. The lowest BCUT2D eigenvalue weighted by Gasteiger charge is -2.09. The van der Waals surface area contributed by atoms with Crippen LogP contribution in [0.5, 0.6) is 0 Å². The molecule has 0 aromatic carbocycles. The zero-order valence-corrected chi connectivity index (χ0v) is 8.38. The standard InChI is InChI=1S/C5H6ClN5O2S/c6-4-9-1-3(14-4)2-10(5(7)8)11(12)13/h1H,2H2,(H3,7,8). The number of hydrogen-bond donors (Lipinski definition) is 2. The number of nitro groups is 1.